The predicted octanol–water partition coefficient (Wildman–Crippen LogP) is -0.681. The highest BCUT2D eigenvalue weighted by Crippen LogP contribution is 2.18. The van der Waals surface area contributed by atoms with Crippen molar-refractivity contribution in [3.63, 3.8) is 0 Å². The zero-order valence-electron chi connectivity index (χ0n) is 10.5. The van der Waals surface area contributed by atoms with Crippen molar-refractivity contribution in [1.29, 1.82) is 0 Å². The van der Waals surface area contributed by atoms with Crippen molar-refractivity contribution in [2.45, 2.75) is 25.8 Å². The maximum atomic E-state index is 11.9. The number of hydrogen-bond acceptors (Lipinski definition) is 4. The average molecular weight is 251 g/mol. The Morgan fingerprint density at radius 2 is 2.17 bits per heavy atom. The lowest BCUT2D eigenvalue weighted by molar-refractivity contribution is -0.120. The molecule has 1 saturated carbocycles. The molecule has 7 nitrogen and oxygen atoms in total. The van der Waals surface area contributed by atoms with Gasteiger partial charge in [0.25, 0.3) is 5.91 Å². The number of carbonyl (C=O) groups excluding carboxylic acids is 2. The smallest absolute Gasteiger partial charge is 0.272 e. The summed E-state index contributed by atoms with van der Waals surface area (Å²) < 4.78 is 1.42. The Kier molecular flexibility index (Phi) is 3.22. The Hall–Kier alpha value is -2.05. The maximum absolute atomic E-state index is 11.9. The van der Waals surface area contributed by atoms with Gasteiger partial charge >= 0.3 is 0 Å². The predicted molar refractivity (Wildman–Crippen MR) is 65.9 cm³/mol. The second-order valence-corrected chi connectivity index (χ2v) is 4.50. The lowest BCUT2D eigenvalue weighted by atomic mass is 10.3. The number of rotatable bonds is 4. The monoisotopic (exact) mass is 251 g/mol. The van der Waals surface area contributed by atoms with Crippen LogP contribution in [-0.2, 0) is 11.8 Å². The average Bonchev–Trinajstić information content (AvgIpc) is 3.05. The molecule has 0 saturated heterocycles. The van der Waals surface area contributed by atoms with Gasteiger partial charge in [-0.2, -0.15) is 5.10 Å². The summed E-state index contributed by atoms with van der Waals surface area (Å²) >= 11 is 0. The van der Waals surface area contributed by atoms with E-state index in [2.05, 4.69) is 15.7 Å². The van der Waals surface area contributed by atoms with E-state index in [1.54, 1.807) is 14.0 Å². The molecule has 0 atom stereocenters. The van der Waals surface area contributed by atoms with Gasteiger partial charge < -0.3 is 16.4 Å². The molecule has 0 radical (unpaired) electrons. The fourth-order valence-corrected chi connectivity index (χ4v) is 1.69. The van der Waals surface area contributed by atoms with E-state index < -0.39 is 0 Å². The largest absolute Gasteiger partial charge is 0.395 e. The molecule has 1 heterocycles. The molecule has 0 bridgehead atoms. The summed E-state index contributed by atoms with van der Waals surface area (Å²) in [7, 11) is 1.64. The summed E-state index contributed by atoms with van der Waals surface area (Å²) in [6, 6.07) is 0.290. The first-order valence-electron chi connectivity index (χ1n) is 5.85. The number of hydrogen-bond donors (Lipinski definition) is 3. The molecule has 0 unspecified atom stereocenters. The molecular formula is C11H17N5O2. The van der Waals surface area contributed by atoms with E-state index >= 15 is 0 Å². The molecular weight excluding hydrogens is 234 g/mol. The third-order valence-corrected chi connectivity index (χ3v) is 2.84. The highest BCUT2D eigenvalue weighted by atomic mass is 16.2. The van der Waals surface area contributed by atoms with Crippen molar-refractivity contribution in [2.75, 3.05) is 12.3 Å². The molecule has 2 rings (SSSR count). The topological polar surface area (TPSA) is 102 Å². The third-order valence-electron chi connectivity index (χ3n) is 2.84. The van der Waals surface area contributed by atoms with Crippen LogP contribution in [0, 0.1) is 6.92 Å². The van der Waals surface area contributed by atoms with E-state index in [1.165, 1.54) is 4.68 Å². The first-order chi connectivity index (χ1) is 8.49. The lowest BCUT2D eigenvalue weighted by Crippen LogP contribution is -2.38. The molecule has 1 fully saturated rings. The number of nitrogens with two attached hydrogens (primary N) is 1. The van der Waals surface area contributed by atoms with E-state index in [9.17, 15) is 9.59 Å². The first-order valence-corrected chi connectivity index (χ1v) is 5.85. The minimum absolute atomic E-state index is 0.0427. The number of carbonyl (C=O) groups is 2. The van der Waals surface area contributed by atoms with Crippen LogP contribution >= 0.6 is 0 Å². The summed E-state index contributed by atoms with van der Waals surface area (Å²) in [4.78, 5) is 23.3. The molecule has 18 heavy (non-hydrogen) atoms. The molecule has 2 amide bonds. The first kappa shape index (κ1) is 12.4. The van der Waals surface area contributed by atoms with E-state index in [0.29, 0.717) is 17.4 Å². The fourth-order valence-electron chi connectivity index (χ4n) is 1.69. The van der Waals surface area contributed by atoms with Gasteiger partial charge in [-0.3, -0.25) is 14.3 Å². The standard InChI is InChI=1S/C11H17N5O2/c1-6-9(12)10(16(2)15-6)11(18)13-5-8(17)14-7-3-4-7/h7H,3-5,12H2,1-2H3,(H,13,18)(H,14,17). The summed E-state index contributed by atoms with van der Waals surface area (Å²) in [5.41, 5.74) is 6.99. The molecule has 7 heteroatoms. The van der Waals surface area contributed by atoms with Gasteiger partial charge in [-0.1, -0.05) is 0 Å². The van der Waals surface area contributed by atoms with Gasteiger partial charge in [-0.15, -0.1) is 0 Å². The summed E-state index contributed by atoms with van der Waals surface area (Å²) in [5.74, 6) is -0.565. The fraction of sp³-hybridized carbons (Fsp3) is 0.545. The normalized spacial score (nSPS) is 14.3. The summed E-state index contributed by atoms with van der Waals surface area (Å²) in [6.07, 6.45) is 2.04. The molecule has 1 aromatic rings. The maximum Gasteiger partial charge on any atom is 0.272 e. The molecule has 98 valence electrons. The number of nitrogens with one attached hydrogen (secondary N) is 2. The van der Waals surface area contributed by atoms with Gasteiger partial charge in [0.2, 0.25) is 5.91 Å². The second-order valence-electron chi connectivity index (χ2n) is 4.50. The zero-order valence-corrected chi connectivity index (χ0v) is 10.5. The Bertz CT molecular complexity index is 490. The number of aryl methyl sites for hydroxylation is 2. The summed E-state index contributed by atoms with van der Waals surface area (Å²) in [6.45, 7) is 1.69. The van der Waals surface area contributed by atoms with Crippen LogP contribution in [0.5, 0.6) is 0 Å². The minimum Gasteiger partial charge on any atom is -0.395 e. The highest BCUT2D eigenvalue weighted by molar-refractivity contribution is 5.99. The zero-order chi connectivity index (χ0) is 13.3. The molecule has 0 spiro atoms. The van der Waals surface area contributed by atoms with Crippen molar-refractivity contribution < 1.29 is 9.59 Å². The van der Waals surface area contributed by atoms with Gasteiger partial charge in [-0.05, 0) is 19.8 Å². The second kappa shape index (κ2) is 4.67. The number of anilines is 1. The van der Waals surface area contributed by atoms with Crippen LogP contribution in [-0.4, -0.2) is 34.2 Å². The van der Waals surface area contributed by atoms with Crippen LogP contribution in [0.1, 0.15) is 29.0 Å². The van der Waals surface area contributed by atoms with Gasteiger partial charge in [0.15, 0.2) is 0 Å². The quantitative estimate of drug-likeness (QED) is 0.659. The van der Waals surface area contributed by atoms with E-state index in [-0.39, 0.29) is 24.1 Å². The Labute approximate surface area is 105 Å². The van der Waals surface area contributed by atoms with Crippen LogP contribution in [0.3, 0.4) is 0 Å². The Balaban J connectivity index is 1.92. The molecule has 4 N–H and O–H groups in total. The van der Waals surface area contributed by atoms with Gasteiger partial charge in [-0.25, -0.2) is 0 Å². The number of amides is 2. The SMILES string of the molecule is Cc1nn(C)c(C(=O)NCC(=O)NC2CC2)c1N. The van der Waals surface area contributed by atoms with Crippen molar-refractivity contribution in [3.05, 3.63) is 11.4 Å². The summed E-state index contributed by atoms with van der Waals surface area (Å²) in [5, 5.41) is 9.37. The number of aromatic nitrogens is 2. The molecule has 1 aliphatic carbocycles. The van der Waals surface area contributed by atoms with E-state index in [4.69, 9.17) is 5.73 Å². The van der Waals surface area contributed by atoms with Crippen molar-refractivity contribution in [1.82, 2.24) is 20.4 Å². The number of nitrogen functional groups attached to an aromatic ring is 1. The lowest BCUT2D eigenvalue weighted by Gasteiger charge is -2.06. The molecule has 0 aliphatic heterocycles. The van der Waals surface area contributed by atoms with Crippen LogP contribution in [0.4, 0.5) is 5.69 Å². The number of nitrogens with zero attached hydrogens (tertiary/aromatic N) is 2. The van der Waals surface area contributed by atoms with Crippen LogP contribution in [0.2, 0.25) is 0 Å². The minimum atomic E-state index is -0.387. The van der Waals surface area contributed by atoms with Gasteiger partial charge in [0, 0.05) is 13.1 Å². The van der Waals surface area contributed by atoms with Crippen molar-refractivity contribution >= 4 is 17.5 Å². The molecule has 0 aromatic carbocycles. The van der Waals surface area contributed by atoms with Gasteiger partial charge in [0.1, 0.15) is 5.69 Å². The van der Waals surface area contributed by atoms with Crippen molar-refractivity contribution in [3.8, 4) is 0 Å². The Morgan fingerprint density at radius 3 is 2.67 bits per heavy atom. The molecule has 1 aliphatic rings. The van der Waals surface area contributed by atoms with Crippen LogP contribution < -0.4 is 16.4 Å². The third kappa shape index (κ3) is 2.61. The van der Waals surface area contributed by atoms with Crippen molar-refractivity contribution in [2.24, 2.45) is 7.05 Å². The highest BCUT2D eigenvalue weighted by Gasteiger charge is 2.24. The van der Waals surface area contributed by atoms with Gasteiger partial charge in [0.05, 0.1) is 17.9 Å². The van der Waals surface area contributed by atoms with Crippen LogP contribution in [0.25, 0.3) is 0 Å². The van der Waals surface area contributed by atoms with E-state index in [0.717, 1.165) is 12.8 Å². The Morgan fingerprint density at radius 1 is 1.50 bits per heavy atom. The van der Waals surface area contributed by atoms with Crippen LogP contribution in [0.15, 0.2) is 0 Å². The van der Waals surface area contributed by atoms with E-state index in [1.807, 2.05) is 0 Å². The molecule has 1 aromatic heterocycles.